The van der Waals surface area contributed by atoms with E-state index in [4.69, 9.17) is 22.1 Å². The first-order valence-corrected chi connectivity index (χ1v) is 6.23. The Kier molecular flexibility index (Phi) is 3.77. The van der Waals surface area contributed by atoms with Crippen molar-refractivity contribution in [2.75, 3.05) is 12.3 Å². The minimum absolute atomic E-state index is 0.633. The van der Waals surface area contributed by atoms with E-state index in [0.717, 1.165) is 23.6 Å². The summed E-state index contributed by atoms with van der Waals surface area (Å²) < 4.78 is 7.28. The fourth-order valence-corrected chi connectivity index (χ4v) is 1.74. The molecule has 4 nitrogen and oxygen atoms in total. The van der Waals surface area contributed by atoms with Crippen LogP contribution < -0.4 is 10.5 Å². The number of benzene rings is 1. The van der Waals surface area contributed by atoms with Gasteiger partial charge in [0.25, 0.3) is 0 Å². The Morgan fingerprint density at radius 1 is 1.39 bits per heavy atom. The SMILES string of the molecule is CCCOc1cc(N)cc(-n2cc(Cl)c(C)n2)c1. The highest BCUT2D eigenvalue weighted by Gasteiger charge is 2.06. The summed E-state index contributed by atoms with van der Waals surface area (Å²) in [7, 11) is 0. The first-order chi connectivity index (χ1) is 8.60. The van der Waals surface area contributed by atoms with Crippen LogP contribution in [0.5, 0.6) is 5.75 Å². The molecule has 0 aliphatic rings. The fourth-order valence-electron chi connectivity index (χ4n) is 1.61. The van der Waals surface area contributed by atoms with E-state index in [-0.39, 0.29) is 0 Å². The van der Waals surface area contributed by atoms with Gasteiger partial charge in [0.05, 0.1) is 23.0 Å². The summed E-state index contributed by atoms with van der Waals surface area (Å²) >= 11 is 6.00. The summed E-state index contributed by atoms with van der Waals surface area (Å²) in [5, 5.41) is 4.95. The van der Waals surface area contributed by atoms with Gasteiger partial charge in [-0.25, -0.2) is 4.68 Å². The van der Waals surface area contributed by atoms with Crippen LogP contribution in [0.2, 0.25) is 5.02 Å². The molecule has 2 N–H and O–H groups in total. The molecular weight excluding hydrogens is 250 g/mol. The minimum Gasteiger partial charge on any atom is -0.493 e. The Balaban J connectivity index is 2.35. The van der Waals surface area contributed by atoms with Gasteiger partial charge in [0.2, 0.25) is 0 Å². The lowest BCUT2D eigenvalue weighted by atomic mass is 10.2. The molecule has 1 aromatic carbocycles. The lowest BCUT2D eigenvalue weighted by Crippen LogP contribution is -2.00. The Morgan fingerprint density at radius 2 is 2.17 bits per heavy atom. The van der Waals surface area contributed by atoms with Crippen LogP contribution in [0.4, 0.5) is 5.69 Å². The number of aromatic nitrogens is 2. The third-order valence-corrected chi connectivity index (χ3v) is 2.86. The average Bonchev–Trinajstić information content (AvgIpc) is 2.66. The van der Waals surface area contributed by atoms with E-state index in [9.17, 15) is 0 Å². The Morgan fingerprint density at radius 3 is 2.78 bits per heavy atom. The van der Waals surface area contributed by atoms with Crippen LogP contribution in [0.1, 0.15) is 19.0 Å². The quantitative estimate of drug-likeness (QED) is 0.864. The van der Waals surface area contributed by atoms with Gasteiger partial charge in [-0.3, -0.25) is 0 Å². The molecular formula is C13H16ClN3O. The highest BCUT2D eigenvalue weighted by Crippen LogP contribution is 2.23. The topological polar surface area (TPSA) is 53.1 Å². The number of nitrogens with two attached hydrogens (primary N) is 1. The molecule has 0 aliphatic heterocycles. The largest absolute Gasteiger partial charge is 0.493 e. The summed E-state index contributed by atoms with van der Waals surface area (Å²) in [4.78, 5) is 0. The van der Waals surface area contributed by atoms with Gasteiger partial charge in [-0.2, -0.15) is 5.10 Å². The molecule has 18 heavy (non-hydrogen) atoms. The van der Waals surface area contributed by atoms with E-state index in [1.807, 2.05) is 19.1 Å². The second kappa shape index (κ2) is 5.31. The first kappa shape index (κ1) is 12.8. The molecule has 0 aliphatic carbocycles. The molecule has 5 heteroatoms. The summed E-state index contributed by atoms with van der Waals surface area (Å²) in [5.74, 6) is 0.746. The summed E-state index contributed by atoms with van der Waals surface area (Å²) in [6, 6.07) is 5.54. The molecule has 0 unspecified atom stereocenters. The molecule has 0 saturated heterocycles. The van der Waals surface area contributed by atoms with Crippen molar-refractivity contribution < 1.29 is 4.74 Å². The first-order valence-electron chi connectivity index (χ1n) is 5.85. The number of anilines is 1. The smallest absolute Gasteiger partial charge is 0.123 e. The van der Waals surface area contributed by atoms with Gasteiger partial charge in [0, 0.05) is 24.0 Å². The van der Waals surface area contributed by atoms with Gasteiger partial charge in [0.15, 0.2) is 0 Å². The minimum atomic E-state index is 0.633. The standard InChI is InChI=1S/C13H16ClN3O/c1-3-4-18-12-6-10(15)5-11(7-12)17-8-13(14)9(2)16-17/h5-8H,3-4,15H2,1-2H3. The maximum Gasteiger partial charge on any atom is 0.123 e. The number of aryl methyl sites for hydroxylation is 1. The van der Waals surface area contributed by atoms with Crippen LogP contribution in [0.25, 0.3) is 5.69 Å². The molecule has 1 aromatic heterocycles. The Bertz CT molecular complexity index is 532. The number of hydrogen-bond donors (Lipinski definition) is 1. The fraction of sp³-hybridized carbons (Fsp3) is 0.308. The van der Waals surface area contributed by atoms with Crippen molar-refractivity contribution in [3.63, 3.8) is 0 Å². The summed E-state index contributed by atoms with van der Waals surface area (Å²) in [6.07, 6.45) is 2.71. The number of rotatable bonds is 4. The highest BCUT2D eigenvalue weighted by molar-refractivity contribution is 6.31. The van der Waals surface area contributed by atoms with E-state index >= 15 is 0 Å². The van der Waals surface area contributed by atoms with Crippen molar-refractivity contribution in [1.29, 1.82) is 0 Å². The second-order valence-electron chi connectivity index (χ2n) is 4.12. The van der Waals surface area contributed by atoms with Gasteiger partial charge in [-0.1, -0.05) is 18.5 Å². The summed E-state index contributed by atoms with van der Waals surface area (Å²) in [6.45, 7) is 4.59. The zero-order valence-corrected chi connectivity index (χ0v) is 11.2. The van der Waals surface area contributed by atoms with Crippen LogP contribution in [-0.2, 0) is 0 Å². The van der Waals surface area contributed by atoms with Crippen LogP contribution in [0, 0.1) is 6.92 Å². The predicted molar refractivity (Wildman–Crippen MR) is 73.5 cm³/mol. The van der Waals surface area contributed by atoms with Gasteiger partial charge in [-0.15, -0.1) is 0 Å². The van der Waals surface area contributed by atoms with E-state index in [2.05, 4.69) is 12.0 Å². The van der Waals surface area contributed by atoms with Crippen molar-refractivity contribution >= 4 is 17.3 Å². The van der Waals surface area contributed by atoms with Gasteiger partial charge < -0.3 is 10.5 Å². The molecule has 0 radical (unpaired) electrons. The van der Waals surface area contributed by atoms with Gasteiger partial charge in [0.1, 0.15) is 5.75 Å². The summed E-state index contributed by atoms with van der Waals surface area (Å²) in [5.41, 5.74) is 8.13. The molecule has 0 atom stereocenters. The number of nitrogen functional groups attached to an aromatic ring is 1. The molecule has 0 amide bonds. The van der Waals surface area contributed by atoms with E-state index < -0.39 is 0 Å². The normalized spacial score (nSPS) is 10.6. The molecule has 0 fully saturated rings. The number of ether oxygens (including phenoxy) is 1. The Labute approximate surface area is 111 Å². The predicted octanol–water partition coefficient (Wildman–Crippen LogP) is 3.21. The van der Waals surface area contributed by atoms with Crippen molar-refractivity contribution in [3.8, 4) is 11.4 Å². The molecule has 0 spiro atoms. The third kappa shape index (κ3) is 2.76. The zero-order chi connectivity index (χ0) is 13.1. The van der Waals surface area contributed by atoms with Crippen molar-refractivity contribution in [1.82, 2.24) is 9.78 Å². The maximum atomic E-state index is 6.00. The second-order valence-corrected chi connectivity index (χ2v) is 4.52. The van der Waals surface area contributed by atoms with E-state index in [1.54, 1.807) is 16.9 Å². The lowest BCUT2D eigenvalue weighted by molar-refractivity contribution is 0.317. The van der Waals surface area contributed by atoms with Crippen molar-refractivity contribution in [2.45, 2.75) is 20.3 Å². The number of nitrogens with zero attached hydrogens (tertiary/aromatic N) is 2. The van der Waals surface area contributed by atoms with Crippen LogP contribution >= 0.6 is 11.6 Å². The maximum absolute atomic E-state index is 6.00. The zero-order valence-electron chi connectivity index (χ0n) is 10.5. The molecule has 1 heterocycles. The van der Waals surface area contributed by atoms with E-state index in [1.165, 1.54) is 0 Å². The van der Waals surface area contributed by atoms with Gasteiger partial charge in [-0.05, 0) is 19.4 Å². The molecule has 2 aromatic rings. The van der Waals surface area contributed by atoms with Gasteiger partial charge >= 0.3 is 0 Å². The molecule has 96 valence electrons. The highest BCUT2D eigenvalue weighted by atomic mass is 35.5. The Hall–Kier alpha value is -1.68. The lowest BCUT2D eigenvalue weighted by Gasteiger charge is -2.08. The molecule has 0 saturated carbocycles. The number of halogens is 1. The van der Waals surface area contributed by atoms with Crippen molar-refractivity contribution in [2.24, 2.45) is 0 Å². The molecule has 2 rings (SSSR count). The monoisotopic (exact) mass is 265 g/mol. The van der Waals surface area contributed by atoms with E-state index in [0.29, 0.717) is 17.3 Å². The van der Waals surface area contributed by atoms with Crippen molar-refractivity contribution in [3.05, 3.63) is 35.1 Å². The van der Waals surface area contributed by atoms with Crippen LogP contribution in [-0.4, -0.2) is 16.4 Å². The molecule has 0 bridgehead atoms. The van der Waals surface area contributed by atoms with Crippen LogP contribution in [0.15, 0.2) is 24.4 Å². The average molecular weight is 266 g/mol. The number of hydrogen-bond acceptors (Lipinski definition) is 3. The third-order valence-electron chi connectivity index (χ3n) is 2.49. The van der Waals surface area contributed by atoms with Crippen LogP contribution in [0.3, 0.4) is 0 Å².